The van der Waals surface area contributed by atoms with E-state index in [1.54, 1.807) is 13.2 Å². The van der Waals surface area contributed by atoms with Crippen LogP contribution in [0.4, 0.5) is 13.2 Å². The summed E-state index contributed by atoms with van der Waals surface area (Å²) in [5.74, 6) is 0. The van der Waals surface area contributed by atoms with Gasteiger partial charge in [-0.15, -0.1) is 0 Å². The lowest BCUT2D eigenvalue weighted by atomic mass is 10.2. The molecule has 120 valence electrons. The van der Waals surface area contributed by atoms with Crippen LogP contribution >= 0.6 is 11.8 Å². The second-order valence-electron chi connectivity index (χ2n) is 4.39. The molecule has 0 aliphatic rings. The van der Waals surface area contributed by atoms with Gasteiger partial charge in [0.05, 0.1) is 17.1 Å². The molecule has 1 aromatic rings. The molecule has 1 aromatic carbocycles. The molecule has 0 spiro atoms. The molecule has 0 amide bonds. The highest BCUT2D eigenvalue weighted by Gasteiger charge is 2.32. The van der Waals surface area contributed by atoms with Crippen LogP contribution < -0.4 is 4.72 Å². The molecule has 4 nitrogen and oxygen atoms in total. The third-order valence-electron chi connectivity index (χ3n) is 2.85. The minimum absolute atomic E-state index is 0.243. The molecule has 21 heavy (non-hydrogen) atoms. The number of aliphatic hydroxyl groups is 1. The highest BCUT2D eigenvalue weighted by atomic mass is 32.2. The zero-order chi connectivity index (χ0) is 16.3. The first-order valence-electron chi connectivity index (χ1n) is 5.95. The topological polar surface area (TPSA) is 66.4 Å². The van der Waals surface area contributed by atoms with Crippen molar-refractivity contribution in [1.82, 2.24) is 4.72 Å². The average Bonchev–Trinajstić information content (AvgIpc) is 2.38. The fraction of sp³-hybridized carbons (Fsp3) is 0.500. The summed E-state index contributed by atoms with van der Waals surface area (Å²) < 4.78 is 64.3. The summed E-state index contributed by atoms with van der Waals surface area (Å²) in [7, 11) is -4.08. The van der Waals surface area contributed by atoms with Crippen LogP contribution in [0.5, 0.6) is 0 Å². The number of hydrogen-bond donors (Lipinski definition) is 2. The first-order chi connectivity index (χ1) is 9.61. The molecular weight excluding hydrogens is 327 g/mol. The van der Waals surface area contributed by atoms with E-state index in [1.807, 2.05) is 0 Å². The number of rotatable bonds is 6. The Balaban J connectivity index is 3.04. The molecule has 0 bridgehead atoms. The minimum Gasteiger partial charge on any atom is -0.395 e. The number of halogens is 3. The van der Waals surface area contributed by atoms with Crippen LogP contribution in [0.1, 0.15) is 12.5 Å². The maximum Gasteiger partial charge on any atom is 0.416 e. The van der Waals surface area contributed by atoms with E-state index in [0.717, 1.165) is 18.2 Å². The fourth-order valence-electron chi connectivity index (χ4n) is 1.67. The van der Waals surface area contributed by atoms with E-state index in [4.69, 9.17) is 5.11 Å². The van der Waals surface area contributed by atoms with Crippen LogP contribution in [0, 0.1) is 0 Å². The quantitative estimate of drug-likeness (QED) is 0.830. The van der Waals surface area contributed by atoms with Crippen molar-refractivity contribution in [2.24, 2.45) is 0 Å². The summed E-state index contributed by atoms with van der Waals surface area (Å²) in [6, 6.07) is 2.91. The van der Waals surface area contributed by atoms with Gasteiger partial charge < -0.3 is 5.11 Å². The molecule has 0 aliphatic heterocycles. The SMILES string of the molecule is CSC(CO)C(C)NS(=O)(=O)c1cccc(C(F)(F)F)c1. The summed E-state index contributed by atoms with van der Waals surface area (Å²) >= 11 is 1.26. The third-order valence-corrected chi connectivity index (χ3v) is 5.57. The van der Waals surface area contributed by atoms with Crippen LogP contribution in [-0.4, -0.2) is 37.7 Å². The number of alkyl halides is 3. The molecule has 9 heteroatoms. The van der Waals surface area contributed by atoms with Crippen LogP contribution in [0.15, 0.2) is 29.2 Å². The smallest absolute Gasteiger partial charge is 0.395 e. The molecule has 1 rings (SSSR count). The van der Waals surface area contributed by atoms with E-state index in [0.29, 0.717) is 6.07 Å². The van der Waals surface area contributed by atoms with E-state index >= 15 is 0 Å². The molecule has 2 unspecified atom stereocenters. The zero-order valence-corrected chi connectivity index (χ0v) is 13.0. The standard InChI is InChI=1S/C12H16F3NO3S2/c1-8(11(7-17)20-2)16-21(18,19)10-5-3-4-9(6-10)12(13,14)15/h3-6,8,11,16-17H,7H2,1-2H3. The van der Waals surface area contributed by atoms with Crippen LogP contribution in [-0.2, 0) is 16.2 Å². The molecule has 0 heterocycles. The van der Waals surface area contributed by atoms with Gasteiger partial charge in [-0.25, -0.2) is 13.1 Å². The zero-order valence-electron chi connectivity index (χ0n) is 11.4. The van der Waals surface area contributed by atoms with Crippen LogP contribution in [0.3, 0.4) is 0 Å². The Bertz CT molecular complexity index is 571. The van der Waals surface area contributed by atoms with Crippen molar-refractivity contribution in [3.63, 3.8) is 0 Å². The monoisotopic (exact) mass is 343 g/mol. The van der Waals surface area contributed by atoms with Gasteiger partial charge in [-0.3, -0.25) is 0 Å². The number of sulfonamides is 1. The summed E-state index contributed by atoms with van der Waals surface area (Å²) in [6.45, 7) is 1.30. The summed E-state index contributed by atoms with van der Waals surface area (Å²) in [6.07, 6.45) is -2.90. The Morgan fingerprint density at radius 1 is 1.38 bits per heavy atom. The van der Waals surface area contributed by atoms with Crippen LogP contribution in [0.25, 0.3) is 0 Å². The second kappa shape index (κ2) is 6.99. The minimum atomic E-state index is -4.61. The molecule has 0 aromatic heterocycles. The molecule has 2 N–H and O–H groups in total. The van der Waals surface area contributed by atoms with Crippen molar-refractivity contribution in [2.45, 2.75) is 29.3 Å². The van der Waals surface area contributed by atoms with Crippen molar-refractivity contribution in [3.05, 3.63) is 29.8 Å². The van der Waals surface area contributed by atoms with Crippen LogP contribution in [0.2, 0.25) is 0 Å². The van der Waals surface area contributed by atoms with E-state index in [9.17, 15) is 21.6 Å². The van der Waals surface area contributed by atoms with Crippen molar-refractivity contribution in [3.8, 4) is 0 Å². The van der Waals surface area contributed by atoms with Gasteiger partial charge in [0.2, 0.25) is 10.0 Å². The molecule has 0 aliphatic carbocycles. The van der Waals surface area contributed by atoms with Crippen molar-refractivity contribution in [1.29, 1.82) is 0 Å². The van der Waals surface area contributed by atoms with Gasteiger partial charge in [-0.1, -0.05) is 6.07 Å². The molecule has 0 radical (unpaired) electrons. The van der Waals surface area contributed by atoms with Gasteiger partial charge >= 0.3 is 6.18 Å². The third kappa shape index (κ3) is 4.87. The van der Waals surface area contributed by atoms with Crippen molar-refractivity contribution in [2.75, 3.05) is 12.9 Å². The molecular formula is C12H16F3NO3S2. The first kappa shape index (κ1) is 18.3. The van der Waals surface area contributed by atoms with Crippen molar-refractivity contribution < 1.29 is 26.7 Å². The van der Waals surface area contributed by atoms with Gasteiger partial charge in [0.25, 0.3) is 0 Å². The molecule has 0 fully saturated rings. The number of thioether (sulfide) groups is 1. The first-order valence-corrected chi connectivity index (χ1v) is 8.72. The van der Waals surface area contributed by atoms with E-state index in [1.165, 1.54) is 11.8 Å². The van der Waals surface area contributed by atoms with E-state index in [2.05, 4.69) is 4.72 Å². The van der Waals surface area contributed by atoms with E-state index in [-0.39, 0.29) is 11.9 Å². The normalized spacial score (nSPS) is 15.7. The lowest BCUT2D eigenvalue weighted by molar-refractivity contribution is -0.137. The molecule has 0 saturated heterocycles. The maximum absolute atomic E-state index is 12.6. The number of hydrogen-bond acceptors (Lipinski definition) is 4. The lowest BCUT2D eigenvalue weighted by Crippen LogP contribution is -2.41. The average molecular weight is 343 g/mol. The Hall–Kier alpha value is -0.770. The van der Waals surface area contributed by atoms with E-state index < -0.39 is 32.7 Å². The van der Waals surface area contributed by atoms with Gasteiger partial charge in [0.1, 0.15) is 0 Å². The second-order valence-corrected chi connectivity index (χ2v) is 7.18. The summed E-state index contributed by atoms with van der Waals surface area (Å²) in [5.41, 5.74) is -1.03. The predicted molar refractivity (Wildman–Crippen MR) is 75.6 cm³/mol. The molecule has 0 saturated carbocycles. The number of aliphatic hydroxyl groups excluding tert-OH is 1. The number of benzene rings is 1. The number of nitrogens with one attached hydrogen (secondary N) is 1. The van der Waals surface area contributed by atoms with Gasteiger partial charge in [-0.2, -0.15) is 24.9 Å². The Labute approximate surface area is 125 Å². The Morgan fingerprint density at radius 2 is 2.00 bits per heavy atom. The largest absolute Gasteiger partial charge is 0.416 e. The highest BCUT2D eigenvalue weighted by molar-refractivity contribution is 7.99. The van der Waals surface area contributed by atoms with Gasteiger partial charge in [-0.05, 0) is 31.4 Å². The highest BCUT2D eigenvalue weighted by Crippen LogP contribution is 2.30. The lowest BCUT2D eigenvalue weighted by Gasteiger charge is -2.21. The summed E-state index contributed by atoms with van der Waals surface area (Å²) in [4.78, 5) is -0.457. The van der Waals surface area contributed by atoms with Gasteiger partial charge in [0, 0.05) is 11.3 Å². The summed E-state index contributed by atoms with van der Waals surface area (Å²) in [5, 5.41) is 8.73. The van der Waals surface area contributed by atoms with Crippen molar-refractivity contribution >= 4 is 21.8 Å². The molecule has 2 atom stereocenters. The Kier molecular flexibility index (Phi) is 6.09. The van der Waals surface area contributed by atoms with Gasteiger partial charge in [0.15, 0.2) is 0 Å². The predicted octanol–water partition coefficient (Wildman–Crippen LogP) is 2.10. The fourth-order valence-corrected chi connectivity index (χ4v) is 3.71. The Morgan fingerprint density at radius 3 is 2.48 bits per heavy atom. The maximum atomic E-state index is 12.6.